The van der Waals surface area contributed by atoms with Gasteiger partial charge in [0.05, 0.1) is 11.9 Å². The summed E-state index contributed by atoms with van der Waals surface area (Å²) in [6.07, 6.45) is 7.98. The Hall–Kier alpha value is -3.42. The Labute approximate surface area is 187 Å². The summed E-state index contributed by atoms with van der Waals surface area (Å²) in [6.45, 7) is 3.47. The van der Waals surface area contributed by atoms with Crippen LogP contribution in [0.25, 0.3) is 11.3 Å². The van der Waals surface area contributed by atoms with Crippen molar-refractivity contribution in [2.75, 3.05) is 37.7 Å². The highest BCUT2D eigenvalue weighted by Crippen LogP contribution is 2.33. The number of hydrogen-bond donors (Lipinski definition) is 1. The van der Waals surface area contributed by atoms with Gasteiger partial charge in [-0.2, -0.15) is 5.10 Å². The van der Waals surface area contributed by atoms with E-state index in [2.05, 4.69) is 20.1 Å². The first kappa shape index (κ1) is 20.5. The van der Waals surface area contributed by atoms with Crippen LogP contribution in [0.3, 0.4) is 0 Å². The Bertz CT molecular complexity index is 1050. The maximum absolute atomic E-state index is 12.8. The van der Waals surface area contributed by atoms with E-state index in [0.717, 1.165) is 55.4 Å². The van der Waals surface area contributed by atoms with Crippen molar-refractivity contribution in [3.63, 3.8) is 0 Å². The van der Waals surface area contributed by atoms with Gasteiger partial charge in [-0.3, -0.25) is 9.89 Å². The second kappa shape index (κ2) is 9.38. The molecule has 1 N–H and O–H groups in total. The first-order chi connectivity index (χ1) is 15.8. The van der Waals surface area contributed by atoms with Gasteiger partial charge in [-0.05, 0) is 43.9 Å². The van der Waals surface area contributed by atoms with Crippen molar-refractivity contribution in [3.8, 4) is 17.0 Å². The molecule has 0 spiro atoms. The number of amides is 1. The Balaban J connectivity index is 1.28. The number of rotatable bonds is 6. The van der Waals surface area contributed by atoms with Crippen LogP contribution in [0.5, 0.6) is 5.75 Å². The average molecular weight is 433 g/mol. The summed E-state index contributed by atoms with van der Waals surface area (Å²) in [6, 6.07) is 11.4. The molecule has 1 amide bonds. The monoisotopic (exact) mass is 432 g/mol. The summed E-state index contributed by atoms with van der Waals surface area (Å²) in [5.74, 6) is 1.69. The quantitative estimate of drug-likeness (QED) is 0.643. The van der Waals surface area contributed by atoms with E-state index < -0.39 is 0 Å². The number of aromatic nitrogens is 4. The van der Waals surface area contributed by atoms with Gasteiger partial charge in [-0.1, -0.05) is 18.2 Å². The SMILES string of the molecule is O=C(COc1ccccc1)N1CCCC(c2[nH]ncc2-c2ccnc(N3CCCC3)n2)C1. The molecule has 0 radical (unpaired) electrons. The molecule has 5 rings (SSSR count). The van der Waals surface area contributed by atoms with Crippen LogP contribution in [0, 0.1) is 0 Å². The second-order valence-corrected chi connectivity index (χ2v) is 8.41. The summed E-state index contributed by atoms with van der Waals surface area (Å²) in [5, 5.41) is 7.51. The van der Waals surface area contributed by atoms with E-state index in [1.807, 2.05) is 53.7 Å². The summed E-state index contributed by atoms with van der Waals surface area (Å²) in [5.41, 5.74) is 2.91. The standard InChI is InChI=1S/C24H28N6O2/c31-22(17-32-19-8-2-1-3-9-19)30-14-6-7-18(16-30)23-20(15-26-28-23)21-10-11-25-24(27-21)29-12-4-5-13-29/h1-3,8-11,15,18H,4-7,12-14,16-17H2,(H,26,28). The Morgan fingerprint density at radius 2 is 1.94 bits per heavy atom. The molecule has 2 aromatic heterocycles. The van der Waals surface area contributed by atoms with E-state index in [4.69, 9.17) is 9.72 Å². The molecule has 2 fully saturated rings. The molecule has 8 nitrogen and oxygen atoms in total. The number of para-hydroxylation sites is 1. The number of H-pyrrole nitrogens is 1. The second-order valence-electron chi connectivity index (χ2n) is 8.41. The van der Waals surface area contributed by atoms with E-state index in [-0.39, 0.29) is 18.4 Å². The van der Waals surface area contributed by atoms with Gasteiger partial charge in [-0.15, -0.1) is 0 Å². The summed E-state index contributed by atoms with van der Waals surface area (Å²) < 4.78 is 5.67. The smallest absolute Gasteiger partial charge is 0.260 e. The molecule has 0 bridgehead atoms. The van der Waals surface area contributed by atoms with E-state index in [1.165, 1.54) is 12.8 Å². The number of aromatic amines is 1. The number of hydrogen-bond acceptors (Lipinski definition) is 6. The minimum Gasteiger partial charge on any atom is -0.484 e. The number of carbonyl (C=O) groups excluding carboxylic acids is 1. The molecule has 32 heavy (non-hydrogen) atoms. The lowest BCUT2D eigenvalue weighted by atomic mass is 9.91. The van der Waals surface area contributed by atoms with E-state index >= 15 is 0 Å². The fraction of sp³-hybridized carbons (Fsp3) is 0.417. The van der Waals surface area contributed by atoms with Crippen LogP contribution in [0.4, 0.5) is 5.95 Å². The number of nitrogens with zero attached hydrogens (tertiary/aromatic N) is 5. The summed E-state index contributed by atoms with van der Waals surface area (Å²) in [7, 11) is 0. The number of benzene rings is 1. The van der Waals surface area contributed by atoms with Gasteiger partial charge in [0.2, 0.25) is 5.95 Å². The Morgan fingerprint density at radius 1 is 1.09 bits per heavy atom. The van der Waals surface area contributed by atoms with Crippen LogP contribution in [0.1, 0.15) is 37.3 Å². The minimum absolute atomic E-state index is 0.0120. The number of ether oxygens (including phenoxy) is 1. The fourth-order valence-electron chi connectivity index (χ4n) is 4.57. The normalized spacial score (nSPS) is 18.7. The summed E-state index contributed by atoms with van der Waals surface area (Å²) >= 11 is 0. The van der Waals surface area contributed by atoms with Crippen LogP contribution >= 0.6 is 0 Å². The predicted molar refractivity (Wildman–Crippen MR) is 122 cm³/mol. The molecule has 1 aromatic carbocycles. The summed E-state index contributed by atoms with van der Waals surface area (Å²) in [4.78, 5) is 26.2. The minimum atomic E-state index is 0.0120. The van der Waals surface area contributed by atoms with Gasteiger partial charge in [0.15, 0.2) is 6.61 Å². The van der Waals surface area contributed by atoms with Crippen molar-refractivity contribution >= 4 is 11.9 Å². The molecular formula is C24H28N6O2. The molecule has 0 aliphatic carbocycles. The number of piperidine rings is 1. The number of likely N-dealkylation sites (tertiary alicyclic amines) is 1. The number of nitrogens with one attached hydrogen (secondary N) is 1. The maximum atomic E-state index is 12.8. The van der Waals surface area contributed by atoms with Gasteiger partial charge in [0.1, 0.15) is 5.75 Å². The number of anilines is 1. The topological polar surface area (TPSA) is 87.2 Å². The van der Waals surface area contributed by atoms with Crippen molar-refractivity contribution in [2.45, 2.75) is 31.6 Å². The fourth-order valence-corrected chi connectivity index (χ4v) is 4.57. The molecule has 3 aromatic rings. The van der Waals surface area contributed by atoms with Gasteiger partial charge < -0.3 is 14.5 Å². The molecule has 2 aliphatic rings. The van der Waals surface area contributed by atoms with Crippen LogP contribution in [0.15, 0.2) is 48.8 Å². The van der Waals surface area contributed by atoms with Gasteiger partial charge in [0, 0.05) is 49.6 Å². The highest BCUT2D eigenvalue weighted by molar-refractivity contribution is 5.78. The molecule has 2 aliphatic heterocycles. The first-order valence-electron chi connectivity index (χ1n) is 11.3. The largest absolute Gasteiger partial charge is 0.484 e. The van der Waals surface area contributed by atoms with Gasteiger partial charge in [0.25, 0.3) is 5.91 Å². The molecule has 1 unspecified atom stereocenters. The zero-order valence-corrected chi connectivity index (χ0v) is 18.1. The third-order valence-corrected chi connectivity index (χ3v) is 6.26. The Kier molecular flexibility index (Phi) is 6.00. The molecule has 1 atom stereocenters. The van der Waals surface area contributed by atoms with Gasteiger partial charge >= 0.3 is 0 Å². The van der Waals surface area contributed by atoms with E-state index in [1.54, 1.807) is 0 Å². The molecule has 4 heterocycles. The zero-order valence-electron chi connectivity index (χ0n) is 18.1. The highest BCUT2D eigenvalue weighted by Gasteiger charge is 2.28. The van der Waals surface area contributed by atoms with Crippen molar-refractivity contribution in [3.05, 3.63) is 54.5 Å². The molecule has 2 saturated heterocycles. The van der Waals surface area contributed by atoms with Crippen LogP contribution in [0.2, 0.25) is 0 Å². The maximum Gasteiger partial charge on any atom is 0.260 e. The lowest BCUT2D eigenvalue weighted by Gasteiger charge is -2.32. The van der Waals surface area contributed by atoms with Crippen molar-refractivity contribution in [1.82, 2.24) is 25.1 Å². The van der Waals surface area contributed by atoms with Crippen LogP contribution in [-0.4, -0.2) is 63.8 Å². The lowest BCUT2D eigenvalue weighted by Crippen LogP contribution is -2.41. The lowest BCUT2D eigenvalue weighted by molar-refractivity contribution is -0.134. The highest BCUT2D eigenvalue weighted by atomic mass is 16.5. The van der Waals surface area contributed by atoms with Gasteiger partial charge in [-0.25, -0.2) is 9.97 Å². The predicted octanol–water partition coefficient (Wildman–Crippen LogP) is 3.25. The van der Waals surface area contributed by atoms with Crippen molar-refractivity contribution < 1.29 is 9.53 Å². The molecule has 166 valence electrons. The van der Waals surface area contributed by atoms with E-state index in [9.17, 15) is 4.79 Å². The van der Waals surface area contributed by atoms with Crippen LogP contribution in [-0.2, 0) is 4.79 Å². The van der Waals surface area contributed by atoms with E-state index in [0.29, 0.717) is 12.3 Å². The first-order valence-corrected chi connectivity index (χ1v) is 11.3. The van der Waals surface area contributed by atoms with Crippen molar-refractivity contribution in [1.29, 1.82) is 0 Å². The van der Waals surface area contributed by atoms with Crippen molar-refractivity contribution in [2.24, 2.45) is 0 Å². The molecule has 8 heteroatoms. The third kappa shape index (κ3) is 4.44. The average Bonchev–Trinajstić information content (AvgIpc) is 3.56. The molecule has 0 saturated carbocycles. The zero-order chi connectivity index (χ0) is 21.8. The third-order valence-electron chi connectivity index (χ3n) is 6.26. The Morgan fingerprint density at radius 3 is 2.78 bits per heavy atom. The van der Waals surface area contributed by atoms with Crippen LogP contribution < -0.4 is 9.64 Å². The number of carbonyl (C=O) groups is 1. The molecular weight excluding hydrogens is 404 g/mol.